The molecule has 0 radical (unpaired) electrons. The Labute approximate surface area is 209 Å². The van der Waals surface area contributed by atoms with Crippen LogP contribution in [0.25, 0.3) is 11.1 Å². The normalized spacial score (nSPS) is 20.8. The van der Waals surface area contributed by atoms with E-state index in [4.69, 9.17) is 4.74 Å². The van der Waals surface area contributed by atoms with E-state index >= 15 is 0 Å². The van der Waals surface area contributed by atoms with Crippen LogP contribution in [0.1, 0.15) is 34.1 Å². The summed E-state index contributed by atoms with van der Waals surface area (Å²) in [5, 5.41) is 0. The minimum absolute atomic E-state index is 0.0221. The Kier molecular flexibility index (Phi) is 6.34. The monoisotopic (exact) mass is 479 g/mol. The number of rotatable bonds is 6. The van der Waals surface area contributed by atoms with Crippen molar-refractivity contribution >= 4 is 29.3 Å². The molecule has 36 heavy (non-hydrogen) atoms. The van der Waals surface area contributed by atoms with Crippen LogP contribution < -0.4 is 4.90 Å². The summed E-state index contributed by atoms with van der Waals surface area (Å²) in [4.78, 5) is 52.5. The molecule has 0 bridgehead atoms. The Morgan fingerprint density at radius 2 is 1.58 bits per heavy atom. The average molecular weight is 480 g/mol. The highest BCUT2D eigenvalue weighted by atomic mass is 16.5. The number of hydrogen-bond acceptors (Lipinski definition) is 5. The van der Waals surface area contributed by atoms with Gasteiger partial charge in [-0.25, -0.2) is 4.79 Å². The van der Waals surface area contributed by atoms with Crippen molar-refractivity contribution in [2.24, 2.45) is 17.8 Å². The first kappa shape index (κ1) is 23.4. The molecule has 0 N–H and O–H groups in total. The minimum atomic E-state index is -0.697. The molecule has 1 saturated heterocycles. The molecule has 3 atom stereocenters. The molecular formula is C30H25NO5. The summed E-state index contributed by atoms with van der Waals surface area (Å²) in [6.07, 6.45) is 4.45. The summed E-state index contributed by atoms with van der Waals surface area (Å²) in [6.45, 7) is 1.52. The van der Waals surface area contributed by atoms with Gasteiger partial charge < -0.3 is 4.74 Å². The quantitative estimate of drug-likeness (QED) is 0.213. The van der Waals surface area contributed by atoms with Gasteiger partial charge in [0.05, 0.1) is 23.1 Å². The predicted molar refractivity (Wildman–Crippen MR) is 135 cm³/mol. The van der Waals surface area contributed by atoms with Crippen molar-refractivity contribution in [2.75, 3.05) is 11.5 Å². The molecule has 2 amide bonds. The molecule has 1 aliphatic heterocycles. The molecule has 1 aliphatic carbocycles. The molecule has 6 heteroatoms. The summed E-state index contributed by atoms with van der Waals surface area (Å²) in [7, 11) is 0. The third-order valence-electron chi connectivity index (χ3n) is 6.86. The first-order chi connectivity index (χ1) is 17.4. The van der Waals surface area contributed by atoms with Gasteiger partial charge in [-0.05, 0) is 41.7 Å². The molecule has 5 rings (SSSR count). The van der Waals surface area contributed by atoms with E-state index in [1.807, 2.05) is 61.5 Å². The number of carbonyl (C=O) groups excluding carboxylic acids is 4. The summed E-state index contributed by atoms with van der Waals surface area (Å²) >= 11 is 0. The maximum Gasteiger partial charge on any atom is 0.338 e. The maximum absolute atomic E-state index is 13.0. The molecule has 2 aliphatic rings. The van der Waals surface area contributed by atoms with Gasteiger partial charge in [0.1, 0.15) is 0 Å². The molecule has 0 spiro atoms. The van der Waals surface area contributed by atoms with E-state index in [0.717, 1.165) is 11.1 Å². The van der Waals surface area contributed by atoms with Crippen LogP contribution in [0.2, 0.25) is 0 Å². The van der Waals surface area contributed by atoms with E-state index in [2.05, 4.69) is 0 Å². The van der Waals surface area contributed by atoms with Gasteiger partial charge in [-0.3, -0.25) is 19.3 Å². The second kappa shape index (κ2) is 9.74. The van der Waals surface area contributed by atoms with Gasteiger partial charge in [0.15, 0.2) is 12.4 Å². The van der Waals surface area contributed by atoms with Crippen LogP contribution in [0.4, 0.5) is 5.69 Å². The molecule has 1 heterocycles. The highest BCUT2D eigenvalue weighted by molar-refractivity contribution is 6.22. The number of amides is 2. The third-order valence-corrected chi connectivity index (χ3v) is 6.86. The number of ether oxygens (including phenoxy) is 1. The minimum Gasteiger partial charge on any atom is -0.454 e. The van der Waals surface area contributed by atoms with Crippen molar-refractivity contribution in [1.29, 1.82) is 0 Å². The highest BCUT2D eigenvalue weighted by Gasteiger charge is 2.50. The van der Waals surface area contributed by atoms with Crippen molar-refractivity contribution in [3.63, 3.8) is 0 Å². The van der Waals surface area contributed by atoms with Crippen LogP contribution in [0.3, 0.4) is 0 Å². The second-order valence-electron chi connectivity index (χ2n) is 9.16. The number of Topliss-reactive ketones (excluding diaryl/α,β-unsaturated/α-hetero) is 1. The Morgan fingerprint density at radius 1 is 0.861 bits per heavy atom. The fourth-order valence-electron chi connectivity index (χ4n) is 4.95. The van der Waals surface area contributed by atoms with Gasteiger partial charge in [0, 0.05) is 5.56 Å². The summed E-state index contributed by atoms with van der Waals surface area (Å²) < 4.78 is 5.26. The number of carbonyl (C=O) groups is 4. The SMILES string of the molecule is C[C@@H]1C=CC[C@H]2C(=O)N(c3cccc(C(=O)OCC(=O)c4ccc(-c5ccccc5)cc4)c3)C(=O)[C@H]12. The second-order valence-corrected chi connectivity index (χ2v) is 9.16. The molecular weight excluding hydrogens is 454 g/mol. The maximum atomic E-state index is 13.0. The van der Waals surface area contributed by atoms with Gasteiger partial charge >= 0.3 is 5.97 Å². The lowest BCUT2D eigenvalue weighted by atomic mass is 9.78. The van der Waals surface area contributed by atoms with Crippen LogP contribution in [0.5, 0.6) is 0 Å². The zero-order chi connectivity index (χ0) is 25.2. The van der Waals surface area contributed by atoms with Crippen LogP contribution in [-0.2, 0) is 14.3 Å². The Hall–Kier alpha value is -4.32. The number of hydrogen-bond donors (Lipinski definition) is 0. The fourth-order valence-corrected chi connectivity index (χ4v) is 4.95. The topological polar surface area (TPSA) is 80.8 Å². The van der Waals surface area contributed by atoms with Crippen molar-refractivity contribution in [2.45, 2.75) is 13.3 Å². The van der Waals surface area contributed by atoms with Crippen LogP contribution >= 0.6 is 0 Å². The summed E-state index contributed by atoms with van der Waals surface area (Å²) in [6, 6.07) is 23.2. The molecule has 6 nitrogen and oxygen atoms in total. The van der Waals surface area contributed by atoms with Gasteiger partial charge in [0.2, 0.25) is 11.8 Å². The van der Waals surface area contributed by atoms with Gasteiger partial charge in [-0.1, -0.05) is 79.7 Å². The largest absolute Gasteiger partial charge is 0.454 e. The van der Waals surface area contributed by atoms with E-state index in [1.54, 1.807) is 24.3 Å². The smallest absolute Gasteiger partial charge is 0.338 e. The van der Waals surface area contributed by atoms with Crippen LogP contribution in [0.15, 0.2) is 91.0 Å². The molecule has 0 aromatic heterocycles. The molecule has 0 saturated carbocycles. The lowest BCUT2D eigenvalue weighted by Gasteiger charge is -2.22. The predicted octanol–water partition coefficient (Wildman–Crippen LogP) is 5.09. The lowest BCUT2D eigenvalue weighted by molar-refractivity contribution is -0.122. The van der Waals surface area contributed by atoms with E-state index in [-0.39, 0.29) is 40.9 Å². The first-order valence-electron chi connectivity index (χ1n) is 11.9. The number of imide groups is 1. The molecule has 3 aromatic rings. The number of ketones is 1. The summed E-state index contributed by atoms with van der Waals surface area (Å²) in [5.74, 6) is -2.30. The van der Waals surface area contributed by atoms with E-state index in [1.165, 1.54) is 17.0 Å². The highest BCUT2D eigenvalue weighted by Crippen LogP contribution is 2.40. The third kappa shape index (κ3) is 4.38. The molecule has 1 fully saturated rings. The van der Waals surface area contributed by atoms with E-state index in [9.17, 15) is 19.2 Å². The van der Waals surface area contributed by atoms with Crippen LogP contribution in [-0.4, -0.2) is 30.2 Å². The van der Waals surface area contributed by atoms with Crippen molar-refractivity contribution in [3.8, 4) is 11.1 Å². The van der Waals surface area contributed by atoms with Gasteiger partial charge in [0.25, 0.3) is 0 Å². The standard InChI is InChI=1S/C30H25NO5/c1-19-7-5-12-25-27(19)29(34)31(28(25)33)24-11-6-10-23(17-24)30(35)36-18-26(32)22-15-13-21(14-16-22)20-8-3-2-4-9-20/h2-11,13-17,19,25,27H,12,18H2,1H3/t19-,25-,27-/m1/s1. The number of benzene rings is 3. The zero-order valence-electron chi connectivity index (χ0n) is 19.8. The Morgan fingerprint density at radius 3 is 2.31 bits per heavy atom. The molecule has 3 aromatic carbocycles. The number of allylic oxidation sites excluding steroid dienone is 2. The van der Waals surface area contributed by atoms with Crippen molar-refractivity contribution in [1.82, 2.24) is 0 Å². The van der Waals surface area contributed by atoms with Gasteiger partial charge in [-0.2, -0.15) is 0 Å². The Balaban J connectivity index is 1.25. The number of nitrogens with zero attached hydrogens (tertiary/aromatic N) is 1. The summed E-state index contributed by atoms with van der Waals surface area (Å²) in [5.41, 5.74) is 2.97. The van der Waals surface area contributed by atoms with Crippen molar-refractivity contribution in [3.05, 3.63) is 102 Å². The van der Waals surface area contributed by atoms with E-state index < -0.39 is 12.6 Å². The van der Waals surface area contributed by atoms with Crippen molar-refractivity contribution < 1.29 is 23.9 Å². The van der Waals surface area contributed by atoms with Gasteiger partial charge in [-0.15, -0.1) is 0 Å². The Bertz CT molecular complexity index is 1360. The average Bonchev–Trinajstić information content (AvgIpc) is 3.18. The zero-order valence-corrected chi connectivity index (χ0v) is 19.8. The fraction of sp³-hybridized carbons (Fsp3) is 0.200. The molecule has 0 unspecified atom stereocenters. The first-order valence-corrected chi connectivity index (χ1v) is 11.9. The lowest BCUT2D eigenvalue weighted by Crippen LogP contribution is -2.31. The number of esters is 1. The molecule has 180 valence electrons. The number of anilines is 1. The van der Waals surface area contributed by atoms with E-state index in [0.29, 0.717) is 17.7 Å². The van der Waals surface area contributed by atoms with Crippen LogP contribution in [0, 0.1) is 17.8 Å². The number of fused-ring (bicyclic) bond motifs is 1.